The van der Waals surface area contributed by atoms with Gasteiger partial charge in [0.15, 0.2) is 5.69 Å². The number of rotatable bonds is 3. The Balaban J connectivity index is 2.29. The molecule has 5 nitrogen and oxygen atoms in total. The van der Waals surface area contributed by atoms with Crippen LogP contribution < -0.4 is 5.32 Å². The molecule has 0 aliphatic heterocycles. The molecule has 0 saturated carbocycles. The molecule has 0 aliphatic rings. The van der Waals surface area contributed by atoms with Crippen LogP contribution in [0, 0.1) is 0 Å². The van der Waals surface area contributed by atoms with Crippen molar-refractivity contribution in [2.75, 3.05) is 5.32 Å². The summed E-state index contributed by atoms with van der Waals surface area (Å²) < 4.78 is 0. The highest BCUT2D eigenvalue weighted by Crippen LogP contribution is 2.19. The Bertz CT molecular complexity index is 546. The molecule has 0 unspecified atom stereocenters. The molecule has 0 aromatic carbocycles. The van der Waals surface area contributed by atoms with Crippen molar-refractivity contribution in [1.82, 2.24) is 9.97 Å². The summed E-state index contributed by atoms with van der Waals surface area (Å²) in [6.07, 6.45) is 3.25. The number of nitrogens with one attached hydrogen (secondary N) is 1. The van der Waals surface area contributed by atoms with Crippen LogP contribution in [0.3, 0.4) is 0 Å². The zero-order valence-corrected chi connectivity index (χ0v) is 9.35. The van der Waals surface area contributed by atoms with Crippen LogP contribution in [0.4, 0.5) is 11.5 Å². The van der Waals surface area contributed by atoms with Crippen molar-refractivity contribution in [1.29, 1.82) is 0 Å². The maximum absolute atomic E-state index is 10.8. The molecule has 0 radical (unpaired) electrons. The molecule has 0 saturated heterocycles. The van der Waals surface area contributed by atoms with Crippen molar-refractivity contribution in [2.24, 2.45) is 0 Å². The third kappa shape index (κ3) is 2.70. The zero-order valence-electron chi connectivity index (χ0n) is 8.59. The number of carboxylic acid groups (broad SMARTS) is 1. The van der Waals surface area contributed by atoms with Gasteiger partial charge in [-0.15, -0.1) is 0 Å². The van der Waals surface area contributed by atoms with Crippen LogP contribution in [-0.2, 0) is 0 Å². The lowest BCUT2D eigenvalue weighted by molar-refractivity contribution is 0.0691. The van der Waals surface area contributed by atoms with Crippen LogP contribution in [0.1, 0.15) is 10.5 Å². The van der Waals surface area contributed by atoms with Crippen molar-refractivity contribution in [3.05, 3.63) is 47.4 Å². The van der Waals surface area contributed by atoms with Gasteiger partial charge in [0.1, 0.15) is 5.82 Å². The van der Waals surface area contributed by atoms with Crippen molar-refractivity contribution < 1.29 is 9.90 Å². The van der Waals surface area contributed by atoms with Crippen molar-refractivity contribution >= 4 is 29.1 Å². The zero-order chi connectivity index (χ0) is 12.3. The van der Waals surface area contributed by atoms with Gasteiger partial charge in [0.05, 0.1) is 16.9 Å². The van der Waals surface area contributed by atoms with Gasteiger partial charge in [-0.3, -0.25) is 4.98 Å². The van der Waals surface area contributed by atoms with E-state index < -0.39 is 5.97 Å². The Kier molecular flexibility index (Phi) is 3.20. The summed E-state index contributed by atoms with van der Waals surface area (Å²) >= 11 is 5.71. The number of carboxylic acids is 1. The number of halogens is 1. The van der Waals surface area contributed by atoms with Crippen LogP contribution in [0.2, 0.25) is 5.02 Å². The van der Waals surface area contributed by atoms with Gasteiger partial charge in [0, 0.05) is 6.20 Å². The highest BCUT2D eigenvalue weighted by molar-refractivity contribution is 6.33. The lowest BCUT2D eigenvalue weighted by Crippen LogP contribution is -2.04. The highest BCUT2D eigenvalue weighted by atomic mass is 35.5. The van der Waals surface area contributed by atoms with Crippen molar-refractivity contribution in [3.8, 4) is 0 Å². The number of hydrogen-bond acceptors (Lipinski definition) is 4. The SMILES string of the molecule is O=C(O)c1nc(Nc2cccnc2)ccc1Cl. The normalized spacial score (nSPS) is 9.94. The molecule has 2 heterocycles. The van der Waals surface area contributed by atoms with Crippen LogP contribution in [-0.4, -0.2) is 21.0 Å². The molecule has 0 bridgehead atoms. The van der Waals surface area contributed by atoms with E-state index in [1.165, 1.54) is 6.07 Å². The predicted octanol–water partition coefficient (Wildman–Crippen LogP) is 2.57. The van der Waals surface area contributed by atoms with E-state index in [2.05, 4.69) is 15.3 Å². The van der Waals surface area contributed by atoms with Gasteiger partial charge < -0.3 is 10.4 Å². The number of nitrogens with zero attached hydrogens (tertiary/aromatic N) is 2. The minimum atomic E-state index is -1.16. The lowest BCUT2D eigenvalue weighted by Gasteiger charge is -2.06. The van der Waals surface area contributed by atoms with E-state index in [1.54, 1.807) is 30.6 Å². The second-order valence-electron chi connectivity index (χ2n) is 3.20. The first-order chi connectivity index (χ1) is 8.16. The highest BCUT2D eigenvalue weighted by Gasteiger charge is 2.11. The summed E-state index contributed by atoms with van der Waals surface area (Å²) in [4.78, 5) is 18.7. The molecule has 17 heavy (non-hydrogen) atoms. The van der Waals surface area contributed by atoms with Gasteiger partial charge in [-0.05, 0) is 24.3 Å². The third-order valence-electron chi connectivity index (χ3n) is 1.98. The summed E-state index contributed by atoms with van der Waals surface area (Å²) in [6.45, 7) is 0. The first-order valence-electron chi connectivity index (χ1n) is 4.74. The van der Waals surface area contributed by atoms with Crippen LogP contribution in [0.5, 0.6) is 0 Å². The van der Waals surface area contributed by atoms with Crippen LogP contribution in [0.25, 0.3) is 0 Å². The number of carbonyl (C=O) groups is 1. The van der Waals surface area contributed by atoms with Crippen molar-refractivity contribution in [2.45, 2.75) is 0 Å². The average Bonchev–Trinajstić information content (AvgIpc) is 2.32. The van der Waals surface area contributed by atoms with E-state index in [0.29, 0.717) is 5.82 Å². The Hall–Kier alpha value is -2.14. The molecule has 6 heteroatoms. The maximum atomic E-state index is 10.8. The fraction of sp³-hybridized carbons (Fsp3) is 0. The van der Waals surface area contributed by atoms with Gasteiger partial charge in [-0.1, -0.05) is 11.6 Å². The number of anilines is 2. The second-order valence-corrected chi connectivity index (χ2v) is 3.61. The lowest BCUT2D eigenvalue weighted by atomic mass is 10.3. The van der Waals surface area contributed by atoms with Gasteiger partial charge in [-0.2, -0.15) is 0 Å². The quantitative estimate of drug-likeness (QED) is 0.874. The van der Waals surface area contributed by atoms with Crippen LogP contribution in [0.15, 0.2) is 36.7 Å². The molecular weight excluding hydrogens is 242 g/mol. The second kappa shape index (κ2) is 4.80. The third-order valence-corrected chi connectivity index (χ3v) is 2.29. The van der Waals surface area contributed by atoms with Crippen molar-refractivity contribution in [3.63, 3.8) is 0 Å². The Morgan fingerprint density at radius 2 is 2.18 bits per heavy atom. The summed E-state index contributed by atoms with van der Waals surface area (Å²) in [5.41, 5.74) is 0.541. The molecule has 0 fully saturated rings. The van der Waals surface area contributed by atoms with E-state index in [1.807, 2.05) is 0 Å². The summed E-state index contributed by atoms with van der Waals surface area (Å²) in [7, 11) is 0. The van der Waals surface area contributed by atoms with E-state index in [-0.39, 0.29) is 10.7 Å². The first kappa shape index (κ1) is 11.3. The minimum Gasteiger partial charge on any atom is -0.476 e. The van der Waals surface area contributed by atoms with Gasteiger partial charge in [0.2, 0.25) is 0 Å². The number of aromatic carboxylic acids is 1. The molecule has 2 aromatic heterocycles. The van der Waals surface area contributed by atoms with E-state index in [9.17, 15) is 4.79 Å². The van der Waals surface area contributed by atoms with E-state index >= 15 is 0 Å². The monoisotopic (exact) mass is 249 g/mol. The first-order valence-corrected chi connectivity index (χ1v) is 5.11. The van der Waals surface area contributed by atoms with Crippen LogP contribution >= 0.6 is 11.6 Å². The topological polar surface area (TPSA) is 75.1 Å². The predicted molar refractivity (Wildman–Crippen MR) is 63.7 cm³/mol. The summed E-state index contributed by atoms with van der Waals surface area (Å²) in [5.74, 6) is -0.760. The fourth-order valence-corrected chi connectivity index (χ4v) is 1.43. The number of hydrogen-bond donors (Lipinski definition) is 2. The summed E-state index contributed by atoms with van der Waals surface area (Å²) in [6, 6.07) is 6.64. The molecule has 2 N–H and O–H groups in total. The molecule has 86 valence electrons. The number of aromatic nitrogens is 2. The maximum Gasteiger partial charge on any atom is 0.356 e. The average molecular weight is 250 g/mol. The van der Waals surface area contributed by atoms with Gasteiger partial charge in [0.25, 0.3) is 0 Å². The minimum absolute atomic E-state index is 0.106. The molecule has 0 atom stereocenters. The Morgan fingerprint density at radius 1 is 1.35 bits per heavy atom. The summed E-state index contributed by atoms with van der Waals surface area (Å²) in [5, 5.41) is 11.9. The smallest absolute Gasteiger partial charge is 0.356 e. The molecule has 0 aliphatic carbocycles. The number of pyridine rings is 2. The standard InChI is InChI=1S/C11H8ClN3O2/c12-8-3-4-9(15-10(8)11(16)17)14-7-2-1-5-13-6-7/h1-6H,(H,14,15)(H,16,17). The molecule has 2 rings (SSSR count). The largest absolute Gasteiger partial charge is 0.476 e. The van der Waals surface area contributed by atoms with Gasteiger partial charge >= 0.3 is 5.97 Å². The Morgan fingerprint density at radius 3 is 2.82 bits per heavy atom. The van der Waals surface area contributed by atoms with E-state index in [0.717, 1.165) is 5.69 Å². The van der Waals surface area contributed by atoms with Gasteiger partial charge in [-0.25, -0.2) is 9.78 Å². The molecule has 2 aromatic rings. The fourth-order valence-electron chi connectivity index (χ4n) is 1.25. The molecular formula is C11H8ClN3O2. The molecule has 0 spiro atoms. The molecule has 0 amide bonds. The Labute approximate surface area is 102 Å². The van der Waals surface area contributed by atoms with E-state index in [4.69, 9.17) is 16.7 Å².